The molecule has 0 heterocycles. The fourth-order valence-corrected chi connectivity index (χ4v) is 1.89. The number of ketones is 1. The number of rotatable bonds is 8. The number of esters is 2. The highest BCUT2D eigenvalue weighted by Crippen LogP contribution is 2.16. The van der Waals surface area contributed by atoms with Gasteiger partial charge in [0.25, 0.3) is 0 Å². The summed E-state index contributed by atoms with van der Waals surface area (Å²) in [7, 11) is 4.00. The summed E-state index contributed by atoms with van der Waals surface area (Å²) in [4.78, 5) is 35.4. The molecule has 1 rings (SSSR count). The average molecular weight is 332 g/mol. The van der Waals surface area contributed by atoms with E-state index in [2.05, 4.69) is 16.1 Å². The molecule has 0 N–H and O–H groups in total. The molecule has 0 amide bonds. The van der Waals surface area contributed by atoms with Crippen molar-refractivity contribution in [3.63, 3.8) is 0 Å². The van der Waals surface area contributed by atoms with Crippen LogP contribution < -0.4 is 4.74 Å². The third-order valence-electron chi connectivity index (χ3n) is 3.30. The van der Waals surface area contributed by atoms with E-state index in [0.29, 0.717) is 11.3 Å². The van der Waals surface area contributed by atoms with Gasteiger partial charge in [-0.1, -0.05) is 6.58 Å². The number of benzene rings is 1. The minimum absolute atomic E-state index is 0.141. The third-order valence-corrected chi connectivity index (χ3v) is 3.30. The van der Waals surface area contributed by atoms with Crippen molar-refractivity contribution >= 4 is 17.7 Å². The largest absolute Gasteiger partial charge is 0.497 e. The molecule has 0 aliphatic carbocycles. The van der Waals surface area contributed by atoms with Crippen LogP contribution in [-0.2, 0) is 19.1 Å². The fraction of sp³-hybridized carbons (Fsp3) is 0.278. The highest BCUT2D eigenvalue weighted by Gasteiger charge is 2.15. The number of hydrogen-bond donors (Lipinski definition) is 0. The maximum absolute atomic E-state index is 12.3. The first-order chi connectivity index (χ1) is 11.4. The zero-order chi connectivity index (χ0) is 18.1. The van der Waals surface area contributed by atoms with E-state index in [4.69, 9.17) is 4.74 Å². The van der Waals surface area contributed by atoms with Crippen LogP contribution in [-0.4, -0.2) is 39.1 Å². The Hall–Kier alpha value is -2.89. The Morgan fingerprint density at radius 1 is 0.958 bits per heavy atom. The summed E-state index contributed by atoms with van der Waals surface area (Å²) >= 11 is 0. The Labute approximate surface area is 140 Å². The van der Waals surface area contributed by atoms with Crippen molar-refractivity contribution in [1.29, 1.82) is 0 Å². The lowest BCUT2D eigenvalue weighted by Crippen LogP contribution is -2.10. The van der Waals surface area contributed by atoms with Gasteiger partial charge in [0.1, 0.15) is 5.75 Å². The van der Waals surface area contributed by atoms with Gasteiger partial charge in [-0.25, -0.2) is 9.59 Å². The lowest BCUT2D eigenvalue weighted by molar-refractivity contribution is -0.137. The van der Waals surface area contributed by atoms with Gasteiger partial charge in [-0.2, -0.15) is 0 Å². The predicted octanol–water partition coefficient (Wildman–Crippen LogP) is 2.49. The van der Waals surface area contributed by atoms with Gasteiger partial charge < -0.3 is 14.2 Å². The molecular weight excluding hydrogens is 312 g/mol. The summed E-state index contributed by atoms with van der Waals surface area (Å²) in [5.41, 5.74) is 0.775. The van der Waals surface area contributed by atoms with Crippen molar-refractivity contribution in [2.24, 2.45) is 0 Å². The number of carbonyl (C=O) groups excluding carboxylic acids is 3. The van der Waals surface area contributed by atoms with Gasteiger partial charge in [-0.05, 0) is 43.2 Å². The highest BCUT2D eigenvalue weighted by atomic mass is 16.5. The van der Waals surface area contributed by atoms with Crippen LogP contribution in [0.2, 0.25) is 0 Å². The second-order valence-electron chi connectivity index (χ2n) is 4.85. The lowest BCUT2D eigenvalue weighted by Gasteiger charge is -2.07. The Morgan fingerprint density at radius 3 is 2.04 bits per heavy atom. The van der Waals surface area contributed by atoms with Crippen LogP contribution in [0.5, 0.6) is 5.75 Å². The van der Waals surface area contributed by atoms with E-state index >= 15 is 0 Å². The first-order valence-corrected chi connectivity index (χ1v) is 7.16. The summed E-state index contributed by atoms with van der Waals surface area (Å²) < 4.78 is 14.3. The van der Waals surface area contributed by atoms with E-state index in [-0.39, 0.29) is 29.8 Å². The van der Waals surface area contributed by atoms with Crippen molar-refractivity contribution in [3.8, 4) is 5.75 Å². The van der Waals surface area contributed by atoms with E-state index < -0.39 is 11.9 Å². The molecule has 128 valence electrons. The normalized spacial score (nSPS) is 10.7. The second kappa shape index (κ2) is 9.29. The zero-order valence-electron chi connectivity index (χ0n) is 14.0. The molecule has 6 nitrogen and oxygen atoms in total. The average Bonchev–Trinajstić information content (AvgIpc) is 2.63. The molecule has 0 aromatic heterocycles. The summed E-state index contributed by atoms with van der Waals surface area (Å²) in [6.07, 6.45) is 1.53. The van der Waals surface area contributed by atoms with Crippen LogP contribution in [0.15, 0.2) is 48.1 Å². The lowest BCUT2D eigenvalue weighted by atomic mass is 10.0. The summed E-state index contributed by atoms with van der Waals surface area (Å²) in [6.45, 7) is 3.59. The van der Waals surface area contributed by atoms with E-state index in [9.17, 15) is 14.4 Å². The van der Waals surface area contributed by atoms with Crippen molar-refractivity contribution in [3.05, 3.63) is 53.6 Å². The standard InChI is InChI=1S/C18H20O6/c1-12(17(20)23-3)5-6-14(18(21)24-4)11-16(19)13-7-9-15(22-2)10-8-13/h7-11H,1,5-6H2,2-4H3/b14-11+. The number of allylic oxidation sites excluding steroid dienone is 1. The first-order valence-electron chi connectivity index (χ1n) is 7.16. The van der Waals surface area contributed by atoms with Gasteiger partial charge in [0.05, 0.1) is 21.3 Å². The number of ether oxygens (including phenoxy) is 3. The van der Waals surface area contributed by atoms with E-state index in [1.165, 1.54) is 27.4 Å². The van der Waals surface area contributed by atoms with Crippen LogP contribution in [0.3, 0.4) is 0 Å². The van der Waals surface area contributed by atoms with Crippen molar-refractivity contribution in [1.82, 2.24) is 0 Å². The highest BCUT2D eigenvalue weighted by molar-refractivity contribution is 6.08. The molecule has 0 radical (unpaired) electrons. The third kappa shape index (κ3) is 5.39. The minimum Gasteiger partial charge on any atom is -0.497 e. The maximum atomic E-state index is 12.3. The molecule has 0 saturated carbocycles. The molecular formula is C18H20O6. The van der Waals surface area contributed by atoms with Gasteiger partial charge in [-0.3, -0.25) is 4.79 Å². The Kier molecular flexibility index (Phi) is 7.42. The summed E-state index contributed by atoms with van der Waals surface area (Å²) in [5, 5.41) is 0. The Balaban J connectivity index is 2.91. The first kappa shape index (κ1) is 19.2. The number of hydrogen-bond acceptors (Lipinski definition) is 6. The van der Waals surface area contributed by atoms with Crippen LogP contribution in [0.25, 0.3) is 0 Å². The van der Waals surface area contributed by atoms with E-state index in [1.54, 1.807) is 24.3 Å². The number of carbonyl (C=O) groups is 3. The molecule has 6 heteroatoms. The molecule has 24 heavy (non-hydrogen) atoms. The number of methoxy groups -OCH3 is 3. The Morgan fingerprint density at radius 2 is 1.54 bits per heavy atom. The fourth-order valence-electron chi connectivity index (χ4n) is 1.89. The molecule has 0 spiro atoms. The monoisotopic (exact) mass is 332 g/mol. The topological polar surface area (TPSA) is 78.9 Å². The van der Waals surface area contributed by atoms with E-state index in [0.717, 1.165) is 0 Å². The Bertz CT molecular complexity index is 655. The van der Waals surface area contributed by atoms with Crippen LogP contribution in [0, 0.1) is 0 Å². The van der Waals surface area contributed by atoms with Gasteiger partial charge in [-0.15, -0.1) is 0 Å². The molecule has 0 unspecified atom stereocenters. The molecule has 0 aliphatic heterocycles. The van der Waals surface area contributed by atoms with Gasteiger partial charge in [0.2, 0.25) is 0 Å². The van der Waals surface area contributed by atoms with Gasteiger partial charge >= 0.3 is 11.9 Å². The quantitative estimate of drug-likeness (QED) is 0.413. The SMILES string of the molecule is C=C(CC/C(=C\C(=O)c1ccc(OC)cc1)C(=O)OC)C(=O)OC. The second-order valence-corrected chi connectivity index (χ2v) is 4.85. The smallest absolute Gasteiger partial charge is 0.333 e. The summed E-state index contributed by atoms with van der Waals surface area (Å²) in [6, 6.07) is 6.50. The molecule has 1 aromatic rings. The molecule has 0 atom stereocenters. The molecule has 0 fully saturated rings. The molecule has 0 bridgehead atoms. The van der Waals surface area contributed by atoms with Crippen molar-refractivity contribution < 1.29 is 28.6 Å². The molecule has 1 aromatic carbocycles. The van der Waals surface area contributed by atoms with Gasteiger partial charge in [0.15, 0.2) is 5.78 Å². The van der Waals surface area contributed by atoms with Crippen molar-refractivity contribution in [2.75, 3.05) is 21.3 Å². The molecule has 0 saturated heterocycles. The van der Waals surface area contributed by atoms with Gasteiger partial charge in [0, 0.05) is 16.7 Å². The maximum Gasteiger partial charge on any atom is 0.333 e. The van der Waals surface area contributed by atoms with Crippen LogP contribution in [0.1, 0.15) is 23.2 Å². The van der Waals surface area contributed by atoms with Crippen molar-refractivity contribution in [2.45, 2.75) is 12.8 Å². The predicted molar refractivity (Wildman–Crippen MR) is 87.8 cm³/mol. The molecule has 0 aliphatic rings. The van der Waals surface area contributed by atoms with Crippen LogP contribution in [0.4, 0.5) is 0 Å². The summed E-state index contributed by atoms with van der Waals surface area (Å²) in [5.74, 6) is -0.907. The van der Waals surface area contributed by atoms with Crippen LogP contribution >= 0.6 is 0 Å². The zero-order valence-corrected chi connectivity index (χ0v) is 14.0. The van der Waals surface area contributed by atoms with E-state index in [1.807, 2.05) is 0 Å². The minimum atomic E-state index is -0.630.